The number of nitrogens with zero attached hydrogens (tertiary/aromatic N) is 2. The summed E-state index contributed by atoms with van der Waals surface area (Å²) in [6.45, 7) is 4.93. The second kappa shape index (κ2) is 8.29. The topological polar surface area (TPSA) is 49.8 Å². The summed E-state index contributed by atoms with van der Waals surface area (Å²) >= 11 is 0. The molecule has 0 aliphatic rings. The van der Waals surface area contributed by atoms with E-state index >= 15 is 0 Å². The Morgan fingerprint density at radius 2 is 1.60 bits per heavy atom. The van der Waals surface area contributed by atoms with Crippen molar-refractivity contribution >= 4 is 11.8 Å². The molecular weight excluding hydrogens is 308 g/mol. The summed E-state index contributed by atoms with van der Waals surface area (Å²) in [7, 11) is 0. The smallest absolute Gasteiger partial charge is 0.224 e. The first kappa shape index (κ1) is 17.0. The first-order valence-electron chi connectivity index (χ1n) is 8.65. The molecule has 0 saturated carbocycles. The molecule has 1 unspecified atom stereocenters. The number of benzene rings is 2. The largest absolute Gasteiger partial charge is 0.363 e. The van der Waals surface area contributed by atoms with Gasteiger partial charge < -0.3 is 10.6 Å². The highest BCUT2D eigenvalue weighted by molar-refractivity contribution is 5.44. The third-order valence-electron chi connectivity index (χ3n) is 4.06. The predicted octanol–water partition coefficient (Wildman–Crippen LogP) is 4.61. The van der Waals surface area contributed by atoms with Crippen LogP contribution in [0.2, 0.25) is 0 Å². The summed E-state index contributed by atoms with van der Waals surface area (Å²) in [5.41, 5.74) is 3.48. The number of aromatic nitrogens is 2. The molecule has 2 N–H and O–H groups in total. The zero-order valence-electron chi connectivity index (χ0n) is 14.7. The minimum absolute atomic E-state index is 0.188. The van der Waals surface area contributed by atoms with Crippen molar-refractivity contribution in [2.75, 3.05) is 17.2 Å². The molecule has 128 valence electrons. The van der Waals surface area contributed by atoms with Gasteiger partial charge in [-0.1, -0.05) is 60.7 Å². The van der Waals surface area contributed by atoms with Crippen LogP contribution >= 0.6 is 0 Å². The van der Waals surface area contributed by atoms with Gasteiger partial charge in [-0.05, 0) is 31.4 Å². The Hall–Kier alpha value is -2.88. The van der Waals surface area contributed by atoms with Gasteiger partial charge in [-0.2, -0.15) is 4.98 Å². The van der Waals surface area contributed by atoms with Crippen LogP contribution in [0.1, 0.15) is 29.8 Å². The van der Waals surface area contributed by atoms with Crippen molar-refractivity contribution in [1.29, 1.82) is 0 Å². The van der Waals surface area contributed by atoms with Gasteiger partial charge in [-0.15, -0.1) is 0 Å². The van der Waals surface area contributed by atoms with Gasteiger partial charge in [0.05, 0.1) is 0 Å². The van der Waals surface area contributed by atoms with Gasteiger partial charge in [0.2, 0.25) is 5.95 Å². The van der Waals surface area contributed by atoms with E-state index in [-0.39, 0.29) is 6.04 Å². The lowest BCUT2D eigenvalue weighted by molar-refractivity contribution is 0.868. The molecule has 0 amide bonds. The van der Waals surface area contributed by atoms with Crippen molar-refractivity contribution in [2.24, 2.45) is 0 Å². The summed E-state index contributed by atoms with van der Waals surface area (Å²) in [5, 5.41) is 6.78. The van der Waals surface area contributed by atoms with E-state index in [1.54, 1.807) is 0 Å². The second-order valence-corrected chi connectivity index (χ2v) is 6.16. The molecule has 1 aromatic heterocycles. The molecule has 0 bridgehead atoms. The fraction of sp³-hybridized carbons (Fsp3) is 0.238. The monoisotopic (exact) mass is 332 g/mol. The molecule has 0 aliphatic heterocycles. The third-order valence-corrected chi connectivity index (χ3v) is 4.06. The van der Waals surface area contributed by atoms with E-state index in [0.29, 0.717) is 5.95 Å². The zero-order valence-corrected chi connectivity index (χ0v) is 14.7. The van der Waals surface area contributed by atoms with Crippen LogP contribution in [0, 0.1) is 6.92 Å². The maximum atomic E-state index is 4.60. The lowest BCUT2D eigenvalue weighted by Crippen LogP contribution is -2.12. The van der Waals surface area contributed by atoms with Crippen LogP contribution in [0.4, 0.5) is 11.8 Å². The Bertz CT molecular complexity index is 788. The maximum absolute atomic E-state index is 4.60. The van der Waals surface area contributed by atoms with Crippen LogP contribution in [-0.4, -0.2) is 16.5 Å². The van der Waals surface area contributed by atoms with Crippen molar-refractivity contribution in [3.05, 3.63) is 83.6 Å². The summed E-state index contributed by atoms with van der Waals surface area (Å²) < 4.78 is 0. The number of rotatable bonds is 7. The Kier molecular flexibility index (Phi) is 5.62. The van der Waals surface area contributed by atoms with Crippen molar-refractivity contribution in [1.82, 2.24) is 9.97 Å². The van der Waals surface area contributed by atoms with E-state index in [9.17, 15) is 0 Å². The van der Waals surface area contributed by atoms with Crippen molar-refractivity contribution < 1.29 is 0 Å². The molecule has 3 aromatic rings. The molecule has 1 atom stereocenters. The van der Waals surface area contributed by atoms with Crippen molar-refractivity contribution in [2.45, 2.75) is 26.3 Å². The van der Waals surface area contributed by atoms with E-state index in [0.717, 1.165) is 24.5 Å². The highest BCUT2D eigenvalue weighted by atomic mass is 15.1. The average Bonchev–Trinajstić information content (AvgIpc) is 2.63. The first-order valence-corrected chi connectivity index (χ1v) is 8.65. The first-order chi connectivity index (χ1) is 12.2. The second-order valence-electron chi connectivity index (χ2n) is 6.16. The molecule has 4 heteroatoms. The number of aryl methyl sites for hydroxylation is 1. The highest BCUT2D eigenvalue weighted by Crippen LogP contribution is 2.19. The van der Waals surface area contributed by atoms with Gasteiger partial charge in [-0.3, -0.25) is 0 Å². The van der Waals surface area contributed by atoms with Crippen LogP contribution in [0.3, 0.4) is 0 Å². The average molecular weight is 332 g/mol. The SMILES string of the molecule is Cc1cc(NC(C)c2ccccc2)nc(NCCc2ccccc2)n1. The van der Waals surface area contributed by atoms with Gasteiger partial charge >= 0.3 is 0 Å². The molecule has 2 aromatic carbocycles. The van der Waals surface area contributed by atoms with Crippen molar-refractivity contribution in [3.63, 3.8) is 0 Å². The van der Waals surface area contributed by atoms with E-state index in [1.807, 2.05) is 25.1 Å². The molecule has 25 heavy (non-hydrogen) atoms. The van der Waals surface area contributed by atoms with E-state index < -0.39 is 0 Å². The summed E-state index contributed by atoms with van der Waals surface area (Å²) in [5.74, 6) is 1.50. The summed E-state index contributed by atoms with van der Waals surface area (Å²) in [4.78, 5) is 9.08. The van der Waals surface area contributed by atoms with Gasteiger partial charge in [0.1, 0.15) is 5.82 Å². The van der Waals surface area contributed by atoms with Gasteiger partial charge in [0.25, 0.3) is 0 Å². The van der Waals surface area contributed by atoms with Crippen LogP contribution in [-0.2, 0) is 6.42 Å². The zero-order chi connectivity index (χ0) is 17.5. The fourth-order valence-electron chi connectivity index (χ4n) is 2.73. The Labute approximate surface area is 149 Å². The lowest BCUT2D eigenvalue weighted by Gasteiger charge is -2.16. The molecule has 0 spiro atoms. The molecule has 0 saturated heterocycles. The fourth-order valence-corrected chi connectivity index (χ4v) is 2.73. The molecular formula is C21H24N4. The Balaban J connectivity index is 1.62. The van der Waals surface area contributed by atoms with Crippen LogP contribution in [0.25, 0.3) is 0 Å². The quantitative estimate of drug-likeness (QED) is 0.663. The minimum atomic E-state index is 0.188. The summed E-state index contributed by atoms with van der Waals surface area (Å²) in [6.07, 6.45) is 0.946. The van der Waals surface area contributed by atoms with E-state index in [2.05, 4.69) is 76.1 Å². The minimum Gasteiger partial charge on any atom is -0.363 e. The normalized spacial score (nSPS) is 11.8. The maximum Gasteiger partial charge on any atom is 0.224 e. The van der Waals surface area contributed by atoms with Crippen LogP contribution in [0.5, 0.6) is 0 Å². The molecule has 0 fully saturated rings. The van der Waals surface area contributed by atoms with E-state index in [4.69, 9.17) is 0 Å². The van der Waals surface area contributed by atoms with Gasteiger partial charge in [-0.25, -0.2) is 4.98 Å². The van der Waals surface area contributed by atoms with Crippen LogP contribution < -0.4 is 10.6 Å². The number of nitrogens with one attached hydrogen (secondary N) is 2. The van der Waals surface area contributed by atoms with Gasteiger partial charge in [0.15, 0.2) is 0 Å². The summed E-state index contributed by atoms with van der Waals surface area (Å²) in [6, 6.07) is 22.9. The lowest BCUT2D eigenvalue weighted by atomic mass is 10.1. The standard InChI is InChI=1S/C21H24N4/c1-16-15-20(24-17(2)19-11-7-4-8-12-19)25-21(23-16)22-14-13-18-9-5-3-6-10-18/h3-12,15,17H,13-14H2,1-2H3,(H2,22,23,24,25). The molecule has 1 heterocycles. The molecule has 3 rings (SSSR count). The predicted molar refractivity (Wildman–Crippen MR) is 104 cm³/mol. The Morgan fingerprint density at radius 3 is 2.32 bits per heavy atom. The third kappa shape index (κ3) is 5.05. The number of anilines is 2. The van der Waals surface area contributed by atoms with Crippen LogP contribution in [0.15, 0.2) is 66.7 Å². The highest BCUT2D eigenvalue weighted by Gasteiger charge is 2.07. The number of hydrogen-bond donors (Lipinski definition) is 2. The van der Waals surface area contributed by atoms with E-state index in [1.165, 1.54) is 11.1 Å². The molecule has 0 radical (unpaired) electrons. The molecule has 0 aliphatic carbocycles. The van der Waals surface area contributed by atoms with Gasteiger partial charge in [0, 0.05) is 24.3 Å². The molecule has 4 nitrogen and oxygen atoms in total. The Morgan fingerprint density at radius 1 is 0.920 bits per heavy atom. The van der Waals surface area contributed by atoms with Crippen molar-refractivity contribution in [3.8, 4) is 0 Å². The number of hydrogen-bond acceptors (Lipinski definition) is 4.